The third-order valence-electron chi connectivity index (χ3n) is 5.65. The van der Waals surface area contributed by atoms with Crippen LogP contribution >= 0.6 is 0 Å². The zero-order valence-electron chi connectivity index (χ0n) is 20.2. The number of nitrogens with one attached hydrogen (secondary N) is 1. The number of carbonyl (C=O) groups excluding carboxylic acids is 1. The fourth-order valence-corrected chi connectivity index (χ4v) is 3.61. The zero-order chi connectivity index (χ0) is 23.4. The molecule has 0 heterocycles. The average molecular weight is 448 g/mol. The second-order valence-electron chi connectivity index (χ2n) is 8.50. The second-order valence-corrected chi connectivity index (χ2v) is 8.50. The Hall–Kier alpha value is -1.85. The molecule has 32 heavy (non-hydrogen) atoms. The molecule has 182 valence electrons. The first-order valence-corrected chi connectivity index (χ1v) is 12.6. The van der Waals surface area contributed by atoms with Crippen molar-refractivity contribution in [2.24, 2.45) is 0 Å². The lowest BCUT2D eigenvalue weighted by Gasteiger charge is -2.16. The minimum absolute atomic E-state index is 0.182. The van der Waals surface area contributed by atoms with Crippen molar-refractivity contribution in [3.8, 4) is 0 Å². The molecule has 0 radical (unpaired) electrons. The summed E-state index contributed by atoms with van der Waals surface area (Å²) in [6.45, 7) is 4.51. The highest BCUT2D eigenvalue weighted by Gasteiger charge is 2.21. The van der Waals surface area contributed by atoms with Gasteiger partial charge in [-0.05, 0) is 49.8 Å². The van der Waals surface area contributed by atoms with Crippen LogP contribution in [0.4, 0.5) is 5.69 Å². The van der Waals surface area contributed by atoms with Gasteiger partial charge in [-0.2, -0.15) is 0 Å². The van der Waals surface area contributed by atoms with Crippen molar-refractivity contribution in [1.82, 2.24) is 0 Å². The van der Waals surface area contributed by atoms with Crippen molar-refractivity contribution in [1.29, 1.82) is 0 Å². The van der Waals surface area contributed by atoms with Crippen molar-refractivity contribution in [2.45, 2.75) is 96.5 Å². The predicted molar refractivity (Wildman–Crippen MR) is 133 cm³/mol. The second kappa shape index (κ2) is 18.7. The fourth-order valence-electron chi connectivity index (χ4n) is 3.61. The van der Waals surface area contributed by atoms with Crippen LogP contribution in [0.1, 0.15) is 96.0 Å². The van der Waals surface area contributed by atoms with Crippen molar-refractivity contribution >= 4 is 11.7 Å². The van der Waals surface area contributed by atoms with Crippen LogP contribution in [0.15, 0.2) is 36.4 Å². The molecule has 3 N–H and O–H groups in total. The van der Waals surface area contributed by atoms with Crippen LogP contribution in [0.2, 0.25) is 0 Å². The largest absolute Gasteiger partial charge is 0.462 e. The van der Waals surface area contributed by atoms with Crippen molar-refractivity contribution in [3.63, 3.8) is 0 Å². The maximum atomic E-state index is 12.3. The van der Waals surface area contributed by atoms with Gasteiger partial charge < -0.3 is 20.3 Å². The molecule has 1 rings (SSSR count). The van der Waals surface area contributed by atoms with Gasteiger partial charge in [-0.25, -0.2) is 0 Å². The SMILES string of the molecule is CCCCCCCCCC=CCCCNc1ccc(C(CC)C(=O)OCC(O)CO)cc1. The number of allylic oxidation sites excluding steroid dienone is 2. The number of aliphatic hydroxyl groups excluding tert-OH is 2. The van der Waals surface area contributed by atoms with Crippen LogP contribution in [0.25, 0.3) is 0 Å². The summed E-state index contributed by atoms with van der Waals surface area (Å²) in [5.74, 6) is -0.736. The smallest absolute Gasteiger partial charge is 0.313 e. The number of esters is 1. The average Bonchev–Trinajstić information content (AvgIpc) is 2.81. The van der Waals surface area contributed by atoms with E-state index in [1.165, 1.54) is 51.4 Å². The highest BCUT2D eigenvalue weighted by Crippen LogP contribution is 2.23. The van der Waals surface area contributed by atoms with Gasteiger partial charge in [0.25, 0.3) is 0 Å². The Morgan fingerprint density at radius 1 is 0.969 bits per heavy atom. The van der Waals surface area contributed by atoms with Gasteiger partial charge in [-0.15, -0.1) is 0 Å². The summed E-state index contributed by atoms with van der Waals surface area (Å²) in [7, 11) is 0. The Balaban J connectivity index is 2.20. The molecule has 1 aromatic rings. The Morgan fingerprint density at radius 2 is 1.59 bits per heavy atom. The quantitative estimate of drug-likeness (QED) is 0.138. The van der Waals surface area contributed by atoms with Crippen molar-refractivity contribution < 1.29 is 19.7 Å². The van der Waals surface area contributed by atoms with E-state index in [4.69, 9.17) is 9.84 Å². The molecule has 0 fully saturated rings. The molecule has 0 bridgehead atoms. The zero-order valence-corrected chi connectivity index (χ0v) is 20.2. The molecule has 0 saturated heterocycles. The van der Waals surface area contributed by atoms with Gasteiger partial charge in [0.1, 0.15) is 12.7 Å². The molecule has 0 aliphatic rings. The molecule has 5 heteroatoms. The van der Waals surface area contributed by atoms with Gasteiger partial charge in [-0.1, -0.05) is 76.7 Å². The minimum atomic E-state index is -1.03. The maximum Gasteiger partial charge on any atom is 0.313 e. The van der Waals surface area contributed by atoms with E-state index in [1.54, 1.807) is 0 Å². The molecule has 0 aliphatic heterocycles. The van der Waals surface area contributed by atoms with E-state index in [2.05, 4.69) is 24.4 Å². The molecule has 0 amide bonds. The van der Waals surface area contributed by atoms with E-state index in [9.17, 15) is 9.90 Å². The van der Waals surface area contributed by atoms with Crippen LogP contribution in [0.5, 0.6) is 0 Å². The highest BCUT2D eigenvalue weighted by molar-refractivity contribution is 5.78. The van der Waals surface area contributed by atoms with E-state index in [0.717, 1.165) is 30.6 Å². The lowest BCUT2D eigenvalue weighted by molar-refractivity contribution is -0.149. The van der Waals surface area contributed by atoms with Crippen LogP contribution in [-0.2, 0) is 9.53 Å². The Kier molecular flexibility index (Phi) is 16.5. The van der Waals surface area contributed by atoms with E-state index >= 15 is 0 Å². The van der Waals surface area contributed by atoms with Crippen molar-refractivity contribution in [3.05, 3.63) is 42.0 Å². The Morgan fingerprint density at radius 3 is 2.22 bits per heavy atom. The van der Waals surface area contributed by atoms with Crippen LogP contribution in [0.3, 0.4) is 0 Å². The third-order valence-corrected chi connectivity index (χ3v) is 5.65. The number of hydrogen-bond acceptors (Lipinski definition) is 5. The number of hydrogen-bond donors (Lipinski definition) is 3. The van der Waals surface area contributed by atoms with Gasteiger partial charge in [0, 0.05) is 12.2 Å². The summed E-state index contributed by atoms with van der Waals surface area (Å²) in [4.78, 5) is 12.3. The molecule has 2 atom stereocenters. The number of rotatable bonds is 19. The summed E-state index contributed by atoms with van der Waals surface area (Å²) >= 11 is 0. The Labute approximate surface area is 195 Å². The first-order valence-electron chi connectivity index (χ1n) is 12.6. The lowest BCUT2D eigenvalue weighted by atomic mass is 9.96. The number of carbonyl (C=O) groups is 1. The van der Waals surface area contributed by atoms with Gasteiger partial charge >= 0.3 is 5.97 Å². The topological polar surface area (TPSA) is 78.8 Å². The predicted octanol–water partition coefficient (Wildman–Crippen LogP) is 5.97. The maximum absolute atomic E-state index is 12.3. The monoisotopic (exact) mass is 447 g/mol. The number of ether oxygens (including phenoxy) is 1. The molecule has 0 saturated carbocycles. The summed E-state index contributed by atoms with van der Waals surface area (Å²) in [6, 6.07) is 7.87. The number of anilines is 1. The number of benzene rings is 1. The van der Waals surface area contributed by atoms with E-state index in [-0.39, 0.29) is 18.5 Å². The summed E-state index contributed by atoms with van der Waals surface area (Å²) in [5.41, 5.74) is 1.94. The molecular formula is C27H45NO4. The summed E-state index contributed by atoms with van der Waals surface area (Å²) < 4.78 is 5.11. The molecule has 0 spiro atoms. The van der Waals surface area contributed by atoms with Gasteiger partial charge in [0.15, 0.2) is 0 Å². The number of aliphatic hydroxyl groups is 2. The first-order chi connectivity index (χ1) is 15.6. The van der Waals surface area contributed by atoms with E-state index in [0.29, 0.717) is 6.42 Å². The number of unbranched alkanes of at least 4 members (excludes halogenated alkanes) is 8. The van der Waals surface area contributed by atoms with Gasteiger partial charge in [-0.3, -0.25) is 4.79 Å². The van der Waals surface area contributed by atoms with Crippen LogP contribution in [-0.4, -0.2) is 42.0 Å². The standard InChI is InChI=1S/C27H45NO4/c1-3-5-6-7-8-9-10-11-12-13-14-15-20-28-24-18-16-23(17-19-24)26(4-2)27(31)32-22-25(30)21-29/h12-13,16-19,25-26,28-30H,3-11,14-15,20-22H2,1-2H3. The normalized spacial score (nSPS) is 13.2. The summed E-state index contributed by atoms with van der Waals surface area (Å²) in [6.07, 6.45) is 17.1. The molecule has 0 aliphatic carbocycles. The van der Waals surface area contributed by atoms with Gasteiger partial charge in [0.2, 0.25) is 0 Å². The third kappa shape index (κ3) is 12.9. The minimum Gasteiger partial charge on any atom is -0.462 e. The molecule has 2 unspecified atom stereocenters. The highest BCUT2D eigenvalue weighted by atomic mass is 16.5. The van der Waals surface area contributed by atoms with Crippen LogP contribution < -0.4 is 5.32 Å². The molecule has 0 aromatic heterocycles. The Bertz CT molecular complexity index is 615. The molecule has 5 nitrogen and oxygen atoms in total. The van der Waals surface area contributed by atoms with E-state index in [1.807, 2.05) is 31.2 Å². The van der Waals surface area contributed by atoms with Crippen molar-refractivity contribution in [2.75, 3.05) is 25.1 Å². The first kappa shape index (κ1) is 28.2. The lowest BCUT2D eigenvalue weighted by Crippen LogP contribution is -2.24. The van der Waals surface area contributed by atoms with Gasteiger partial charge in [0.05, 0.1) is 12.5 Å². The fraction of sp³-hybridized carbons (Fsp3) is 0.667. The molecule has 1 aromatic carbocycles. The molecular weight excluding hydrogens is 402 g/mol. The van der Waals surface area contributed by atoms with Crippen LogP contribution in [0, 0.1) is 0 Å². The summed E-state index contributed by atoms with van der Waals surface area (Å²) in [5, 5.41) is 21.6. The van der Waals surface area contributed by atoms with E-state index < -0.39 is 12.7 Å².